The second-order valence-corrected chi connectivity index (χ2v) is 7.40. The van der Waals surface area contributed by atoms with Crippen molar-refractivity contribution in [1.82, 2.24) is 19.7 Å². The second-order valence-electron chi connectivity index (χ2n) is 6.39. The van der Waals surface area contributed by atoms with Gasteiger partial charge in [0.15, 0.2) is 0 Å². The Hall–Kier alpha value is -3.06. The number of aromatic nitrogens is 3. The molecule has 0 aliphatic rings. The summed E-state index contributed by atoms with van der Waals surface area (Å²) in [4.78, 5) is 18.7. The zero-order valence-electron chi connectivity index (χ0n) is 14.9. The number of halogens is 1. The molecule has 136 valence electrons. The van der Waals surface area contributed by atoms with Crippen molar-refractivity contribution >= 4 is 27.5 Å². The minimum Gasteiger partial charge on any atom is -0.337 e. The molecule has 0 radical (unpaired) electrons. The number of carbonyl (C=O) groups excluding carboxylic acids is 1. The molecule has 0 unspecified atom stereocenters. The van der Waals surface area contributed by atoms with Crippen molar-refractivity contribution in [2.24, 2.45) is 0 Å². The molecule has 2 heterocycles. The minimum atomic E-state index is -0.314. The Morgan fingerprint density at radius 2 is 2.07 bits per heavy atom. The third-order valence-electron chi connectivity index (χ3n) is 4.26. The number of hydrogen-bond donors (Lipinski definition) is 0. The van der Waals surface area contributed by atoms with Crippen LogP contribution in [0.1, 0.15) is 21.5 Å². The summed E-state index contributed by atoms with van der Waals surface area (Å²) in [5.74, 6) is -0.534. The Morgan fingerprint density at radius 3 is 2.89 bits per heavy atom. The SMILES string of the molecule is Cc1ccc(F)c(CN(C)C(=O)c2cnn(-c3nc4ccccc4s3)c2)c1. The number of aryl methyl sites for hydroxylation is 1. The van der Waals surface area contributed by atoms with Crippen LogP contribution in [0.4, 0.5) is 4.39 Å². The molecule has 0 atom stereocenters. The molecular formula is C20H17FN4OS. The monoisotopic (exact) mass is 380 g/mol. The first-order valence-corrected chi connectivity index (χ1v) is 9.24. The standard InChI is InChI=1S/C20H17FN4OS/c1-13-7-8-16(21)14(9-13)11-24(2)19(26)15-10-22-25(12-15)20-23-17-5-3-4-6-18(17)27-20/h3-10,12H,11H2,1-2H3. The van der Waals surface area contributed by atoms with Crippen LogP contribution in [-0.2, 0) is 6.54 Å². The maximum Gasteiger partial charge on any atom is 0.257 e. The Balaban J connectivity index is 1.55. The van der Waals surface area contributed by atoms with E-state index in [1.165, 1.54) is 28.5 Å². The lowest BCUT2D eigenvalue weighted by molar-refractivity contribution is 0.0784. The summed E-state index contributed by atoms with van der Waals surface area (Å²) in [6.07, 6.45) is 3.17. The molecule has 1 amide bonds. The van der Waals surface area contributed by atoms with Crippen LogP contribution < -0.4 is 0 Å². The Bertz CT molecular complexity index is 1100. The highest BCUT2D eigenvalue weighted by molar-refractivity contribution is 7.20. The van der Waals surface area contributed by atoms with E-state index in [0.717, 1.165) is 15.8 Å². The Morgan fingerprint density at radius 1 is 1.26 bits per heavy atom. The van der Waals surface area contributed by atoms with Gasteiger partial charge in [-0.3, -0.25) is 4.79 Å². The third kappa shape index (κ3) is 3.46. The Labute approximate surface area is 159 Å². The summed E-state index contributed by atoms with van der Waals surface area (Å²) in [5.41, 5.74) is 2.78. The summed E-state index contributed by atoms with van der Waals surface area (Å²) in [6.45, 7) is 2.09. The van der Waals surface area contributed by atoms with Crippen LogP contribution in [-0.4, -0.2) is 32.6 Å². The molecular weight excluding hydrogens is 363 g/mol. The highest BCUT2D eigenvalue weighted by Gasteiger charge is 2.17. The molecule has 4 rings (SSSR count). The lowest BCUT2D eigenvalue weighted by Crippen LogP contribution is -2.26. The van der Waals surface area contributed by atoms with Gasteiger partial charge in [0, 0.05) is 25.4 Å². The van der Waals surface area contributed by atoms with Gasteiger partial charge >= 0.3 is 0 Å². The summed E-state index contributed by atoms with van der Waals surface area (Å²) >= 11 is 1.50. The van der Waals surface area contributed by atoms with Crippen molar-refractivity contribution in [2.75, 3.05) is 7.05 Å². The molecule has 27 heavy (non-hydrogen) atoms. The highest BCUT2D eigenvalue weighted by atomic mass is 32.1. The van der Waals surface area contributed by atoms with E-state index >= 15 is 0 Å². The topological polar surface area (TPSA) is 51.0 Å². The van der Waals surface area contributed by atoms with Gasteiger partial charge in [-0.1, -0.05) is 41.2 Å². The fourth-order valence-corrected chi connectivity index (χ4v) is 3.77. The van der Waals surface area contributed by atoms with Gasteiger partial charge in [-0.25, -0.2) is 14.1 Å². The van der Waals surface area contributed by atoms with Gasteiger partial charge in [-0.05, 0) is 25.1 Å². The van der Waals surface area contributed by atoms with Crippen LogP contribution in [0.3, 0.4) is 0 Å². The predicted octanol–water partition coefficient (Wildman–Crippen LogP) is 4.20. The van der Waals surface area contributed by atoms with E-state index in [4.69, 9.17) is 0 Å². The van der Waals surface area contributed by atoms with E-state index in [1.807, 2.05) is 31.2 Å². The molecule has 0 saturated heterocycles. The molecule has 0 spiro atoms. The van der Waals surface area contributed by atoms with E-state index in [2.05, 4.69) is 10.1 Å². The van der Waals surface area contributed by atoms with Gasteiger partial charge in [-0.2, -0.15) is 5.10 Å². The van der Waals surface area contributed by atoms with Gasteiger partial charge in [0.05, 0.1) is 22.0 Å². The highest BCUT2D eigenvalue weighted by Crippen LogP contribution is 2.24. The first-order valence-electron chi connectivity index (χ1n) is 8.42. The van der Waals surface area contributed by atoms with E-state index in [0.29, 0.717) is 16.3 Å². The quantitative estimate of drug-likeness (QED) is 0.533. The first-order chi connectivity index (χ1) is 13.0. The number of rotatable bonds is 4. The molecule has 5 nitrogen and oxygen atoms in total. The van der Waals surface area contributed by atoms with Gasteiger partial charge in [0.1, 0.15) is 5.82 Å². The third-order valence-corrected chi connectivity index (χ3v) is 5.29. The van der Waals surface area contributed by atoms with Crippen LogP contribution >= 0.6 is 11.3 Å². The number of nitrogens with zero attached hydrogens (tertiary/aromatic N) is 4. The molecule has 0 aliphatic heterocycles. The summed E-state index contributed by atoms with van der Waals surface area (Å²) in [5, 5.41) is 4.96. The van der Waals surface area contributed by atoms with Crippen LogP contribution in [0, 0.1) is 12.7 Å². The summed E-state index contributed by atoms with van der Waals surface area (Å²) in [7, 11) is 1.65. The van der Waals surface area contributed by atoms with Gasteiger partial charge < -0.3 is 4.90 Å². The van der Waals surface area contributed by atoms with Gasteiger partial charge in [0.25, 0.3) is 5.91 Å². The molecule has 4 aromatic rings. The predicted molar refractivity (Wildman–Crippen MR) is 104 cm³/mol. The van der Waals surface area contributed by atoms with E-state index < -0.39 is 0 Å². The van der Waals surface area contributed by atoms with Crippen LogP contribution in [0.5, 0.6) is 0 Å². The maximum atomic E-state index is 14.0. The fraction of sp³-hybridized carbons (Fsp3) is 0.150. The first kappa shape index (κ1) is 17.4. The number of carbonyl (C=O) groups is 1. The van der Waals surface area contributed by atoms with Crippen molar-refractivity contribution in [3.8, 4) is 5.13 Å². The van der Waals surface area contributed by atoms with Crippen LogP contribution in [0.15, 0.2) is 54.9 Å². The van der Waals surface area contributed by atoms with Crippen molar-refractivity contribution in [3.63, 3.8) is 0 Å². The molecule has 0 saturated carbocycles. The van der Waals surface area contributed by atoms with Crippen molar-refractivity contribution in [1.29, 1.82) is 0 Å². The Kier molecular flexibility index (Phi) is 4.45. The number of fused-ring (bicyclic) bond motifs is 1. The van der Waals surface area contributed by atoms with E-state index in [9.17, 15) is 9.18 Å². The van der Waals surface area contributed by atoms with Crippen molar-refractivity contribution in [2.45, 2.75) is 13.5 Å². The molecule has 0 fully saturated rings. The smallest absolute Gasteiger partial charge is 0.257 e. The lowest BCUT2D eigenvalue weighted by atomic mass is 10.1. The summed E-state index contributed by atoms with van der Waals surface area (Å²) < 4.78 is 16.6. The molecule has 7 heteroatoms. The van der Waals surface area contributed by atoms with Crippen molar-refractivity contribution in [3.05, 3.63) is 77.4 Å². The molecule has 2 aromatic carbocycles. The second kappa shape index (κ2) is 6.92. The van der Waals surface area contributed by atoms with E-state index in [1.54, 1.807) is 30.1 Å². The zero-order valence-corrected chi connectivity index (χ0v) is 15.7. The van der Waals surface area contributed by atoms with Crippen molar-refractivity contribution < 1.29 is 9.18 Å². The van der Waals surface area contributed by atoms with E-state index in [-0.39, 0.29) is 18.3 Å². The maximum absolute atomic E-state index is 14.0. The summed E-state index contributed by atoms with van der Waals surface area (Å²) in [6, 6.07) is 12.7. The van der Waals surface area contributed by atoms with Crippen LogP contribution in [0.25, 0.3) is 15.3 Å². The van der Waals surface area contributed by atoms with Gasteiger partial charge in [0.2, 0.25) is 5.13 Å². The largest absolute Gasteiger partial charge is 0.337 e. The number of hydrogen-bond acceptors (Lipinski definition) is 4. The molecule has 0 N–H and O–H groups in total. The zero-order chi connectivity index (χ0) is 19.0. The number of thiazole rings is 1. The molecule has 0 bridgehead atoms. The normalized spacial score (nSPS) is 11.1. The molecule has 0 aliphatic carbocycles. The fourth-order valence-electron chi connectivity index (χ4n) is 2.87. The minimum absolute atomic E-state index is 0.193. The number of amides is 1. The van der Waals surface area contributed by atoms with Gasteiger partial charge in [-0.15, -0.1) is 0 Å². The molecule has 2 aromatic heterocycles. The number of benzene rings is 2. The number of para-hydroxylation sites is 1. The lowest BCUT2D eigenvalue weighted by Gasteiger charge is -2.17. The average molecular weight is 380 g/mol. The van der Waals surface area contributed by atoms with Crippen LogP contribution in [0.2, 0.25) is 0 Å². The average Bonchev–Trinajstić information content (AvgIpc) is 3.30.